The maximum atomic E-state index is 11.8. The van der Waals surface area contributed by atoms with Crippen molar-refractivity contribution in [1.29, 1.82) is 0 Å². The number of aromatic carboxylic acids is 1. The first-order valence-corrected chi connectivity index (χ1v) is 8.28. The van der Waals surface area contributed by atoms with E-state index in [0.717, 1.165) is 56.0 Å². The van der Waals surface area contributed by atoms with Crippen LogP contribution in [0.2, 0.25) is 0 Å². The van der Waals surface area contributed by atoms with Gasteiger partial charge in [-0.05, 0) is 46.9 Å². The van der Waals surface area contributed by atoms with Crippen molar-refractivity contribution in [3.05, 3.63) is 21.7 Å². The van der Waals surface area contributed by atoms with Crippen LogP contribution in [-0.4, -0.2) is 43.3 Å². The molecule has 0 radical (unpaired) electrons. The highest BCUT2D eigenvalue weighted by Gasteiger charge is 2.44. The van der Waals surface area contributed by atoms with Crippen LogP contribution < -0.4 is 15.5 Å². The number of rotatable bonds is 1. The number of anilines is 2. The Morgan fingerprint density at radius 1 is 1.43 bits per heavy atom. The maximum absolute atomic E-state index is 11.8. The van der Waals surface area contributed by atoms with Crippen molar-refractivity contribution in [3.63, 3.8) is 0 Å². The van der Waals surface area contributed by atoms with Gasteiger partial charge in [-0.15, -0.1) is 0 Å². The lowest BCUT2D eigenvalue weighted by atomic mass is 9.87. The Balaban J connectivity index is 1.99. The summed E-state index contributed by atoms with van der Waals surface area (Å²) in [6, 6.07) is 2.37. The number of halogens is 1. The molecule has 112 valence electrons. The molecule has 3 N–H and O–H groups in total. The van der Waals surface area contributed by atoms with Crippen LogP contribution in [0.15, 0.2) is 10.5 Å². The van der Waals surface area contributed by atoms with E-state index in [4.69, 9.17) is 0 Å². The molecule has 4 rings (SSSR count). The highest BCUT2D eigenvalue weighted by atomic mass is 79.9. The van der Waals surface area contributed by atoms with Crippen molar-refractivity contribution in [3.8, 4) is 0 Å². The molecule has 0 unspecified atom stereocenters. The van der Waals surface area contributed by atoms with Gasteiger partial charge in [-0.1, -0.05) is 0 Å². The van der Waals surface area contributed by atoms with Crippen molar-refractivity contribution in [1.82, 2.24) is 5.32 Å². The third kappa shape index (κ3) is 1.89. The molecule has 0 aliphatic carbocycles. The number of nitrogens with zero attached hydrogens (tertiary/aromatic N) is 1. The smallest absolute Gasteiger partial charge is 0.337 e. The zero-order valence-electron chi connectivity index (χ0n) is 11.7. The second kappa shape index (κ2) is 4.88. The van der Waals surface area contributed by atoms with Crippen molar-refractivity contribution in [2.24, 2.45) is 0 Å². The van der Waals surface area contributed by atoms with Crippen molar-refractivity contribution < 1.29 is 9.90 Å². The van der Waals surface area contributed by atoms with Crippen molar-refractivity contribution in [2.45, 2.75) is 24.8 Å². The fraction of sp³-hybridized carbons (Fsp3) is 0.533. The number of piperidine rings is 1. The van der Waals surface area contributed by atoms with Crippen LogP contribution in [0.3, 0.4) is 0 Å². The van der Waals surface area contributed by atoms with Gasteiger partial charge in [-0.3, -0.25) is 0 Å². The summed E-state index contributed by atoms with van der Waals surface area (Å²) in [7, 11) is 0. The van der Waals surface area contributed by atoms with Crippen molar-refractivity contribution >= 4 is 33.3 Å². The van der Waals surface area contributed by atoms with Gasteiger partial charge in [0.2, 0.25) is 0 Å². The molecule has 6 heteroatoms. The van der Waals surface area contributed by atoms with Gasteiger partial charge in [0.05, 0.1) is 16.9 Å². The molecule has 3 aliphatic heterocycles. The average molecular weight is 352 g/mol. The van der Waals surface area contributed by atoms with E-state index in [-0.39, 0.29) is 5.92 Å². The normalized spacial score (nSPS) is 26.6. The largest absolute Gasteiger partial charge is 0.478 e. The number of carboxylic acid groups (broad SMARTS) is 1. The van der Waals surface area contributed by atoms with E-state index < -0.39 is 5.97 Å². The molecule has 1 fully saturated rings. The predicted octanol–water partition coefficient (Wildman–Crippen LogP) is 2.23. The molecular weight excluding hydrogens is 334 g/mol. The standard InChI is InChI=1S/C15H18BrN3O2/c16-9-6-10-14-12(13(9)15(20)21)8-7-17-4-2-11(8)19(14)5-1-3-18-10/h6,8,11,17-18H,1-5,7H2,(H,20,21)/t8-,11+/m1/s1. The second-order valence-corrected chi connectivity index (χ2v) is 6.84. The third-order valence-corrected chi connectivity index (χ3v) is 5.52. The second-order valence-electron chi connectivity index (χ2n) is 5.99. The Bertz CT molecular complexity index is 619. The van der Waals surface area contributed by atoms with Gasteiger partial charge in [0, 0.05) is 36.1 Å². The zero-order chi connectivity index (χ0) is 14.6. The number of carboxylic acids is 1. The lowest BCUT2D eigenvalue weighted by Crippen LogP contribution is -2.44. The first-order chi connectivity index (χ1) is 10.2. The quantitative estimate of drug-likeness (QED) is 0.724. The molecule has 0 amide bonds. The SMILES string of the molecule is O=C(O)c1c(Br)cc2c3c1[C@@H]1CNCC[C@@H]1N3CCCN2. The molecule has 0 aromatic heterocycles. The third-order valence-electron chi connectivity index (χ3n) is 4.90. The molecular formula is C15H18BrN3O2. The van der Waals surface area contributed by atoms with E-state index in [1.165, 1.54) is 0 Å². The van der Waals surface area contributed by atoms with Crippen molar-refractivity contribution in [2.75, 3.05) is 36.4 Å². The molecule has 0 saturated carbocycles. The van der Waals surface area contributed by atoms with E-state index in [1.807, 2.05) is 6.07 Å². The minimum absolute atomic E-state index is 0.274. The molecule has 0 bridgehead atoms. The first kappa shape index (κ1) is 13.4. The number of benzene rings is 1. The van der Waals surface area contributed by atoms with Gasteiger partial charge < -0.3 is 20.6 Å². The predicted molar refractivity (Wildman–Crippen MR) is 85.6 cm³/mol. The summed E-state index contributed by atoms with van der Waals surface area (Å²) in [5.41, 5.74) is 3.66. The fourth-order valence-electron chi connectivity index (χ4n) is 4.11. The Morgan fingerprint density at radius 2 is 2.29 bits per heavy atom. The monoisotopic (exact) mass is 351 g/mol. The van der Waals surface area contributed by atoms with Crippen LogP contribution in [0.5, 0.6) is 0 Å². The Kier molecular flexibility index (Phi) is 3.11. The number of hydrogen-bond acceptors (Lipinski definition) is 4. The highest BCUT2D eigenvalue weighted by Crippen LogP contribution is 2.51. The summed E-state index contributed by atoms with van der Waals surface area (Å²) < 4.78 is 0.685. The molecule has 0 spiro atoms. The van der Waals surface area contributed by atoms with Gasteiger partial charge in [0.1, 0.15) is 0 Å². The van der Waals surface area contributed by atoms with Gasteiger partial charge >= 0.3 is 5.97 Å². The first-order valence-electron chi connectivity index (χ1n) is 7.49. The topological polar surface area (TPSA) is 64.6 Å². The highest BCUT2D eigenvalue weighted by molar-refractivity contribution is 9.10. The van der Waals surface area contributed by atoms with Crippen LogP contribution in [0, 0.1) is 0 Å². The summed E-state index contributed by atoms with van der Waals surface area (Å²) in [6.45, 7) is 3.83. The summed E-state index contributed by atoms with van der Waals surface area (Å²) in [4.78, 5) is 14.2. The van der Waals surface area contributed by atoms with E-state index in [1.54, 1.807) is 0 Å². The van der Waals surface area contributed by atoms with Gasteiger partial charge in [0.15, 0.2) is 0 Å². The minimum Gasteiger partial charge on any atom is -0.478 e. The van der Waals surface area contributed by atoms with Crippen LogP contribution in [0.1, 0.15) is 34.7 Å². The number of hydrogen-bond donors (Lipinski definition) is 3. The van der Waals surface area contributed by atoms with Crippen LogP contribution in [-0.2, 0) is 0 Å². The minimum atomic E-state index is -0.838. The summed E-state index contributed by atoms with van der Waals surface area (Å²) in [6.07, 6.45) is 2.17. The maximum Gasteiger partial charge on any atom is 0.337 e. The number of nitrogens with one attached hydrogen (secondary N) is 2. The van der Waals surface area contributed by atoms with Crippen LogP contribution in [0.25, 0.3) is 0 Å². The summed E-state index contributed by atoms with van der Waals surface area (Å²) in [5.74, 6) is -0.564. The molecule has 3 heterocycles. The van der Waals surface area contributed by atoms with Crippen LogP contribution in [0.4, 0.5) is 11.4 Å². The van der Waals surface area contributed by atoms with E-state index in [9.17, 15) is 9.90 Å². The molecule has 1 aromatic rings. The van der Waals surface area contributed by atoms with E-state index in [2.05, 4.69) is 31.5 Å². The molecule has 2 atom stereocenters. The summed E-state index contributed by atoms with van der Waals surface area (Å²) in [5, 5.41) is 16.6. The molecule has 1 aromatic carbocycles. The molecule has 1 saturated heterocycles. The lowest BCUT2D eigenvalue weighted by molar-refractivity contribution is 0.0694. The van der Waals surface area contributed by atoms with E-state index in [0.29, 0.717) is 16.1 Å². The molecule has 5 nitrogen and oxygen atoms in total. The van der Waals surface area contributed by atoms with Gasteiger partial charge in [-0.2, -0.15) is 0 Å². The summed E-state index contributed by atoms with van der Waals surface area (Å²) >= 11 is 3.47. The van der Waals surface area contributed by atoms with Crippen LogP contribution >= 0.6 is 15.9 Å². The Labute approximate surface area is 131 Å². The van der Waals surface area contributed by atoms with Gasteiger partial charge in [0.25, 0.3) is 0 Å². The van der Waals surface area contributed by atoms with Gasteiger partial charge in [-0.25, -0.2) is 4.79 Å². The Morgan fingerprint density at radius 3 is 3.10 bits per heavy atom. The molecule has 3 aliphatic rings. The number of carbonyl (C=O) groups is 1. The Hall–Kier alpha value is -1.27. The average Bonchev–Trinajstić information content (AvgIpc) is 2.63. The number of fused-ring (bicyclic) bond motifs is 3. The molecule has 21 heavy (non-hydrogen) atoms. The fourth-order valence-corrected chi connectivity index (χ4v) is 4.72. The lowest BCUT2D eigenvalue weighted by Gasteiger charge is -2.33. The zero-order valence-corrected chi connectivity index (χ0v) is 13.2. The van der Waals surface area contributed by atoms with E-state index >= 15 is 0 Å².